The molecule has 0 fully saturated rings. The van der Waals surface area contributed by atoms with E-state index in [2.05, 4.69) is 152 Å². The van der Waals surface area contributed by atoms with E-state index in [0.717, 1.165) is 73.1 Å². The number of aromatic nitrogens is 3. The minimum Gasteiger partial charge on any atom is -0.507 e. The number of benzene rings is 5. The molecule has 5 aromatic carbocycles. The van der Waals surface area contributed by atoms with E-state index in [1.54, 1.807) is 0 Å². The van der Waals surface area contributed by atoms with E-state index in [1.807, 2.05) is 24.4 Å². The summed E-state index contributed by atoms with van der Waals surface area (Å²) < 4.78 is 2.28. The third kappa shape index (κ3) is 6.68. The molecule has 0 spiro atoms. The van der Waals surface area contributed by atoms with Crippen LogP contribution in [0, 0.1) is 6.92 Å². The van der Waals surface area contributed by atoms with Crippen LogP contribution in [0.2, 0.25) is 0 Å². The summed E-state index contributed by atoms with van der Waals surface area (Å²) in [4.78, 5) is 10.3. The van der Waals surface area contributed by atoms with Crippen LogP contribution in [0.3, 0.4) is 0 Å². The summed E-state index contributed by atoms with van der Waals surface area (Å²) in [6, 6.07) is 37.1. The number of nitrogens with zero attached hydrogens (tertiary/aromatic N) is 3. The molecule has 51 heavy (non-hydrogen) atoms. The van der Waals surface area contributed by atoms with Gasteiger partial charge in [-0.1, -0.05) is 96.1 Å². The predicted octanol–water partition coefficient (Wildman–Crippen LogP) is 12.4. The molecule has 4 heteroatoms. The molecule has 0 radical (unpaired) electrons. The van der Waals surface area contributed by atoms with Gasteiger partial charge in [0.25, 0.3) is 0 Å². The predicted molar refractivity (Wildman–Crippen MR) is 215 cm³/mol. The van der Waals surface area contributed by atoms with E-state index in [4.69, 9.17) is 9.97 Å². The number of aryl methyl sites for hydroxylation is 1. The SMILES string of the molecule is Cc1cc(-c2cc(Cc3ccccc3)cc(-c3cc(C(C)(C)C)cc4cccnc34)c2)c2nc(-c3cc(C(C)(C)C)ccc3O)n(C(C)C)c2c1. The van der Waals surface area contributed by atoms with Crippen molar-refractivity contribution in [1.29, 1.82) is 0 Å². The molecule has 2 aromatic heterocycles. The van der Waals surface area contributed by atoms with E-state index in [-0.39, 0.29) is 22.6 Å². The van der Waals surface area contributed by atoms with Crippen molar-refractivity contribution in [2.24, 2.45) is 0 Å². The molecule has 0 aliphatic heterocycles. The first-order valence-corrected chi connectivity index (χ1v) is 18.1. The molecule has 0 aliphatic carbocycles. The second-order valence-corrected chi connectivity index (χ2v) is 16.5. The number of imidazole rings is 1. The number of aromatic hydroxyl groups is 1. The molecular weight excluding hydrogens is 623 g/mol. The van der Waals surface area contributed by atoms with Gasteiger partial charge in [-0.3, -0.25) is 4.98 Å². The summed E-state index contributed by atoms with van der Waals surface area (Å²) >= 11 is 0. The number of phenols is 1. The van der Waals surface area contributed by atoms with Crippen LogP contribution in [-0.2, 0) is 17.3 Å². The Balaban J connectivity index is 1.52. The highest BCUT2D eigenvalue weighted by molar-refractivity contribution is 5.99. The van der Waals surface area contributed by atoms with Crippen LogP contribution in [-0.4, -0.2) is 19.6 Å². The summed E-state index contributed by atoms with van der Waals surface area (Å²) in [5.41, 5.74) is 14.2. The topological polar surface area (TPSA) is 50.9 Å². The Morgan fingerprint density at radius 1 is 0.647 bits per heavy atom. The van der Waals surface area contributed by atoms with Crippen molar-refractivity contribution in [1.82, 2.24) is 14.5 Å². The third-order valence-corrected chi connectivity index (χ3v) is 10.00. The van der Waals surface area contributed by atoms with Gasteiger partial charge in [-0.15, -0.1) is 0 Å². The fraction of sp³-hybridized carbons (Fsp3) is 0.277. The highest BCUT2D eigenvalue weighted by Crippen LogP contribution is 2.42. The van der Waals surface area contributed by atoms with Crippen LogP contribution in [0.25, 0.3) is 55.6 Å². The maximum Gasteiger partial charge on any atom is 0.145 e. The van der Waals surface area contributed by atoms with Gasteiger partial charge in [0, 0.05) is 28.8 Å². The number of hydrogen-bond acceptors (Lipinski definition) is 3. The van der Waals surface area contributed by atoms with E-state index in [1.165, 1.54) is 16.7 Å². The lowest BCUT2D eigenvalue weighted by Gasteiger charge is -2.22. The van der Waals surface area contributed by atoms with E-state index < -0.39 is 0 Å². The van der Waals surface area contributed by atoms with Crippen molar-refractivity contribution >= 4 is 21.9 Å². The normalized spacial score (nSPS) is 12.4. The van der Waals surface area contributed by atoms with Crippen LogP contribution in [0.4, 0.5) is 0 Å². The Hall–Kier alpha value is -5.22. The number of fused-ring (bicyclic) bond motifs is 2. The maximum absolute atomic E-state index is 11.3. The van der Waals surface area contributed by atoms with Crippen molar-refractivity contribution in [2.75, 3.05) is 0 Å². The molecule has 0 amide bonds. The van der Waals surface area contributed by atoms with Gasteiger partial charge in [-0.2, -0.15) is 0 Å². The Morgan fingerprint density at radius 3 is 1.98 bits per heavy atom. The fourth-order valence-corrected chi connectivity index (χ4v) is 7.23. The zero-order chi connectivity index (χ0) is 36.2. The highest BCUT2D eigenvalue weighted by Gasteiger charge is 2.24. The second kappa shape index (κ2) is 12.8. The lowest BCUT2D eigenvalue weighted by molar-refractivity contribution is 0.474. The summed E-state index contributed by atoms with van der Waals surface area (Å²) in [5.74, 6) is 1.02. The Morgan fingerprint density at radius 2 is 1.31 bits per heavy atom. The Labute approximate surface area is 302 Å². The smallest absolute Gasteiger partial charge is 0.145 e. The van der Waals surface area contributed by atoms with Gasteiger partial charge in [0.05, 0.1) is 22.1 Å². The second-order valence-electron chi connectivity index (χ2n) is 16.5. The zero-order valence-electron chi connectivity index (χ0n) is 31.5. The van der Waals surface area contributed by atoms with E-state index in [0.29, 0.717) is 0 Å². The molecule has 0 bridgehead atoms. The van der Waals surface area contributed by atoms with E-state index >= 15 is 0 Å². The van der Waals surface area contributed by atoms with Gasteiger partial charge in [0.15, 0.2) is 0 Å². The summed E-state index contributed by atoms with van der Waals surface area (Å²) in [6.07, 6.45) is 2.70. The van der Waals surface area contributed by atoms with Crippen LogP contribution >= 0.6 is 0 Å². The molecule has 0 aliphatic rings. The number of phenolic OH excluding ortho intramolecular Hbond substituents is 1. The molecule has 0 saturated carbocycles. The molecule has 4 nitrogen and oxygen atoms in total. The monoisotopic (exact) mass is 671 g/mol. The maximum atomic E-state index is 11.3. The van der Waals surface area contributed by atoms with Crippen LogP contribution in [0.5, 0.6) is 5.75 Å². The van der Waals surface area contributed by atoms with Gasteiger partial charge < -0.3 is 9.67 Å². The van der Waals surface area contributed by atoms with Crippen LogP contribution in [0.15, 0.2) is 109 Å². The van der Waals surface area contributed by atoms with Crippen molar-refractivity contribution < 1.29 is 5.11 Å². The quantitative estimate of drug-likeness (QED) is 0.191. The number of rotatable bonds is 6. The molecule has 7 rings (SSSR count). The summed E-state index contributed by atoms with van der Waals surface area (Å²) in [6.45, 7) is 20.0. The molecule has 0 unspecified atom stereocenters. The number of pyridine rings is 1. The lowest BCUT2D eigenvalue weighted by atomic mass is 9.83. The van der Waals surface area contributed by atoms with Crippen molar-refractivity contribution in [2.45, 2.75) is 85.6 Å². The molecule has 1 N–H and O–H groups in total. The van der Waals surface area contributed by atoms with Crippen molar-refractivity contribution in [3.63, 3.8) is 0 Å². The largest absolute Gasteiger partial charge is 0.507 e. The molecule has 0 atom stereocenters. The van der Waals surface area contributed by atoms with Crippen molar-refractivity contribution in [3.8, 4) is 39.4 Å². The van der Waals surface area contributed by atoms with Crippen LogP contribution < -0.4 is 0 Å². The van der Waals surface area contributed by atoms with Gasteiger partial charge in [0.2, 0.25) is 0 Å². The minimum atomic E-state index is -0.0716. The van der Waals surface area contributed by atoms with Gasteiger partial charge in [0.1, 0.15) is 11.6 Å². The first kappa shape index (κ1) is 34.2. The van der Waals surface area contributed by atoms with Gasteiger partial charge in [-0.05, 0) is 125 Å². The summed E-state index contributed by atoms with van der Waals surface area (Å²) in [5, 5.41) is 12.4. The highest BCUT2D eigenvalue weighted by atomic mass is 16.3. The summed E-state index contributed by atoms with van der Waals surface area (Å²) in [7, 11) is 0. The molecule has 7 aromatic rings. The first-order chi connectivity index (χ1) is 24.2. The van der Waals surface area contributed by atoms with Crippen molar-refractivity contribution in [3.05, 3.63) is 137 Å². The minimum absolute atomic E-state index is 0.0259. The van der Waals surface area contributed by atoms with Gasteiger partial charge >= 0.3 is 0 Å². The molecule has 258 valence electrons. The molecule has 2 heterocycles. The standard InChI is InChI=1S/C47H49N3O/c1-29(2)50-41-21-30(3)20-38(44(41)49-45(50)40-27-36(46(4,5)6)17-18-42(40)51)34-23-32(22-31-14-11-10-12-15-31)24-35(25-34)39-28-37(47(7,8)9)26-33-16-13-19-48-43(33)39/h10-21,23-29,51H,22H2,1-9H3. The Bertz CT molecular complexity index is 2400. The van der Waals surface area contributed by atoms with E-state index in [9.17, 15) is 5.11 Å². The average Bonchev–Trinajstić information content (AvgIpc) is 3.46. The Kier molecular flexibility index (Phi) is 8.62. The fourth-order valence-electron chi connectivity index (χ4n) is 7.23. The van der Waals surface area contributed by atoms with Crippen LogP contribution in [0.1, 0.15) is 89.2 Å². The average molecular weight is 672 g/mol. The first-order valence-electron chi connectivity index (χ1n) is 18.1. The zero-order valence-corrected chi connectivity index (χ0v) is 31.5. The van der Waals surface area contributed by atoms with Gasteiger partial charge in [-0.25, -0.2) is 4.98 Å². The number of hydrogen-bond donors (Lipinski definition) is 1. The molecule has 0 saturated heterocycles. The third-order valence-electron chi connectivity index (χ3n) is 10.00. The molecular formula is C47H49N3O. The lowest BCUT2D eigenvalue weighted by Crippen LogP contribution is -2.11.